The zero-order chi connectivity index (χ0) is 24.6. The Kier molecular flexibility index (Phi) is 7.95. The molecule has 180 valence electrons. The maximum absolute atomic E-state index is 12.3. The van der Waals surface area contributed by atoms with Gasteiger partial charge in [0.2, 0.25) is 5.89 Å². The SMILES string of the molecule is CC(C)NC(=O)c1coc(CN(Cc2cccc(Oc3ccccc3)c2)[C@@H](C)c2ccccc2)n1. The Balaban J connectivity index is 1.54. The molecule has 0 radical (unpaired) electrons. The number of aromatic nitrogens is 1. The van der Waals surface area contributed by atoms with Gasteiger partial charge in [-0.25, -0.2) is 4.98 Å². The minimum Gasteiger partial charge on any atom is -0.457 e. The van der Waals surface area contributed by atoms with Gasteiger partial charge in [0, 0.05) is 18.6 Å². The van der Waals surface area contributed by atoms with E-state index in [1.807, 2.05) is 74.5 Å². The zero-order valence-corrected chi connectivity index (χ0v) is 20.3. The van der Waals surface area contributed by atoms with Crippen molar-refractivity contribution in [2.75, 3.05) is 0 Å². The van der Waals surface area contributed by atoms with E-state index in [9.17, 15) is 4.79 Å². The lowest BCUT2D eigenvalue weighted by atomic mass is 10.1. The first-order valence-corrected chi connectivity index (χ1v) is 11.8. The summed E-state index contributed by atoms with van der Waals surface area (Å²) in [5.74, 6) is 1.85. The van der Waals surface area contributed by atoms with Crippen LogP contribution in [0.25, 0.3) is 0 Å². The smallest absolute Gasteiger partial charge is 0.273 e. The fourth-order valence-corrected chi connectivity index (χ4v) is 3.84. The van der Waals surface area contributed by atoms with Crippen molar-refractivity contribution >= 4 is 5.91 Å². The highest BCUT2D eigenvalue weighted by Gasteiger charge is 2.21. The van der Waals surface area contributed by atoms with Crippen molar-refractivity contribution < 1.29 is 13.9 Å². The summed E-state index contributed by atoms with van der Waals surface area (Å²) in [6.07, 6.45) is 1.42. The molecule has 1 atom stereocenters. The number of nitrogens with one attached hydrogen (secondary N) is 1. The molecule has 6 nitrogen and oxygen atoms in total. The molecule has 6 heteroatoms. The molecule has 1 N–H and O–H groups in total. The highest BCUT2D eigenvalue weighted by Crippen LogP contribution is 2.27. The molecule has 0 aliphatic rings. The number of hydrogen-bond acceptors (Lipinski definition) is 5. The molecule has 0 saturated heterocycles. The van der Waals surface area contributed by atoms with Crippen LogP contribution in [0.4, 0.5) is 0 Å². The van der Waals surface area contributed by atoms with E-state index in [0.29, 0.717) is 24.7 Å². The molecule has 0 aliphatic heterocycles. The second-order valence-corrected chi connectivity index (χ2v) is 8.81. The lowest BCUT2D eigenvalue weighted by molar-refractivity contribution is 0.0938. The van der Waals surface area contributed by atoms with Gasteiger partial charge in [-0.1, -0.05) is 60.7 Å². The summed E-state index contributed by atoms with van der Waals surface area (Å²) < 4.78 is 11.7. The molecule has 0 bridgehead atoms. The molecule has 35 heavy (non-hydrogen) atoms. The number of ether oxygens (including phenoxy) is 1. The Hall–Kier alpha value is -3.90. The number of rotatable bonds is 10. The number of carbonyl (C=O) groups excluding carboxylic acids is 1. The molecular weight excluding hydrogens is 438 g/mol. The number of carbonyl (C=O) groups is 1. The summed E-state index contributed by atoms with van der Waals surface area (Å²) in [6, 6.07) is 28.3. The molecule has 3 aromatic carbocycles. The largest absolute Gasteiger partial charge is 0.457 e. The fraction of sp³-hybridized carbons (Fsp3) is 0.241. The molecular formula is C29H31N3O3. The van der Waals surface area contributed by atoms with Gasteiger partial charge in [-0.15, -0.1) is 0 Å². The Morgan fingerprint density at radius 2 is 1.60 bits per heavy atom. The van der Waals surface area contributed by atoms with Crippen molar-refractivity contribution in [3.8, 4) is 11.5 Å². The quantitative estimate of drug-likeness (QED) is 0.292. The molecule has 4 aromatic rings. The summed E-state index contributed by atoms with van der Waals surface area (Å²) in [4.78, 5) is 19.0. The van der Waals surface area contributed by atoms with Crippen LogP contribution in [-0.4, -0.2) is 21.8 Å². The monoisotopic (exact) mass is 469 g/mol. The first-order valence-electron chi connectivity index (χ1n) is 11.8. The van der Waals surface area contributed by atoms with Crippen molar-refractivity contribution in [3.05, 3.63) is 114 Å². The van der Waals surface area contributed by atoms with Gasteiger partial charge in [0.1, 0.15) is 17.8 Å². The van der Waals surface area contributed by atoms with Gasteiger partial charge in [-0.3, -0.25) is 9.69 Å². The Bertz CT molecular complexity index is 1220. The molecule has 0 spiro atoms. The van der Waals surface area contributed by atoms with E-state index >= 15 is 0 Å². The van der Waals surface area contributed by atoms with E-state index < -0.39 is 0 Å². The van der Waals surface area contributed by atoms with E-state index in [0.717, 1.165) is 17.1 Å². The van der Waals surface area contributed by atoms with Crippen molar-refractivity contribution in [1.29, 1.82) is 0 Å². The highest BCUT2D eigenvalue weighted by atomic mass is 16.5. The average molecular weight is 470 g/mol. The second kappa shape index (κ2) is 11.5. The van der Waals surface area contributed by atoms with Crippen LogP contribution in [0.1, 0.15) is 54.3 Å². The molecule has 0 fully saturated rings. The van der Waals surface area contributed by atoms with Crippen LogP contribution in [-0.2, 0) is 13.1 Å². The molecule has 1 heterocycles. The van der Waals surface area contributed by atoms with Gasteiger partial charge in [0.15, 0.2) is 5.69 Å². The third kappa shape index (κ3) is 6.80. The van der Waals surface area contributed by atoms with Gasteiger partial charge in [0.25, 0.3) is 5.91 Å². The molecule has 4 rings (SSSR count). The zero-order valence-electron chi connectivity index (χ0n) is 20.3. The molecule has 0 unspecified atom stereocenters. The number of hydrogen-bond donors (Lipinski definition) is 1. The van der Waals surface area contributed by atoms with Crippen molar-refractivity contribution in [2.24, 2.45) is 0 Å². The predicted molar refractivity (Wildman–Crippen MR) is 136 cm³/mol. The van der Waals surface area contributed by atoms with Crippen LogP contribution in [0.15, 0.2) is 95.6 Å². The Labute approximate surface area is 206 Å². The summed E-state index contributed by atoms with van der Waals surface area (Å²) in [5, 5.41) is 2.85. The minimum atomic E-state index is -0.233. The molecule has 1 aromatic heterocycles. The van der Waals surface area contributed by atoms with E-state index in [-0.39, 0.29) is 18.0 Å². The number of oxazole rings is 1. The fourth-order valence-electron chi connectivity index (χ4n) is 3.84. The van der Waals surface area contributed by atoms with Crippen molar-refractivity contribution in [1.82, 2.24) is 15.2 Å². The Morgan fingerprint density at radius 1 is 0.914 bits per heavy atom. The average Bonchev–Trinajstić information content (AvgIpc) is 3.33. The van der Waals surface area contributed by atoms with Crippen LogP contribution in [0.3, 0.4) is 0 Å². The van der Waals surface area contributed by atoms with E-state index in [4.69, 9.17) is 9.15 Å². The third-order valence-corrected chi connectivity index (χ3v) is 5.64. The number of para-hydroxylation sites is 1. The molecule has 1 amide bonds. The van der Waals surface area contributed by atoms with Crippen LogP contribution in [0.5, 0.6) is 11.5 Å². The summed E-state index contributed by atoms with van der Waals surface area (Å²) in [6.45, 7) is 7.09. The van der Waals surface area contributed by atoms with Gasteiger partial charge in [-0.2, -0.15) is 0 Å². The van der Waals surface area contributed by atoms with Gasteiger partial charge >= 0.3 is 0 Å². The van der Waals surface area contributed by atoms with Gasteiger partial charge in [0.05, 0.1) is 6.54 Å². The van der Waals surface area contributed by atoms with E-state index in [1.165, 1.54) is 11.8 Å². The van der Waals surface area contributed by atoms with Crippen LogP contribution in [0, 0.1) is 0 Å². The van der Waals surface area contributed by atoms with Crippen LogP contribution >= 0.6 is 0 Å². The number of amides is 1. The predicted octanol–water partition coefficient (Wildman–Crippen LogP) is 6.37. The first-order chi connectivity index (χ1) is 17.0. The maximum atomic E-state index is 12.3. The Morgan fingerprint density at radius 3 is 2.31 bits per heavy atom. The maximum Gasteiger partial charge on any atom is 0.273 e. The number of benzene rings is 3. The van der Waals surface area contributed by atoms with Crippen LogP contribution < -0.4 is 10.1 Å². The minimum absolute atomic E-state index is 0.0302. The van der Waals surface area contributed by atoms with Gasteiger partial charge < -0.3 is 14.5 Å². The topological polar surface area (TPSA) is 67.6 Å². The third-order valence-electron chi connectivity index (χ3n) is 5.64. The van der Waals surface area contributed by atoms with Gasteiger partial charge in [-0.05, 0) is 56.2 Å². The summed E-state index contributed by atoms with van der Waals surface area (Å²) >= 11 is 0. The summed E-state index contributed by atoms with van der Waals surface area (Å²) in [7, 11) is 0. The van der Waals surface area contributed by atoms with E-state index in [1.54, 1.807) is 0 Å². The number of nitrogens with zero attached hydrogens (tertiary/aromatic N) is 2. The van der Waals surface area contributed by atoms with Crippen molar-refractivity contribution in [2.45, 2.75) is 45.9 Å². The lowest BCUT2D eigenvalue weighted by Gasteiger charge is -2.28. The lowest BCUT2D eigenvalue weighted by Crippen LogP contribution is -2.30. The van der Waals surface area contributed by atoms with Crippen LogP contribution in [0.2, 0.25) is 0 Å². The highest BCUT2D eigenvalue weighted by molar-refractivity contribution is 5.92. The molecule has 0 saturated carbocycles. The van der Waals surface area contributed by atoms with Crippen molar-refractivity contribution in [3.63, 3.8) is 0 Å². The normalized spacial score (nSPS) is 12.0. The second-order valence-electron chi connectivity index (χ2n) is 8.81. The summed E-state index contributed by atoms with van der Waals surface area (Å²) in [5.41, 5.74) is 2.58. The molecule has 0 aliphatic carbocycles. The standard InChI is InChI=1S/C29H31N3O3/c1-21(2)30-29(33)27-20-34-28(31-27)19-32(22(3)24-12-6-4-7-13-24)18-23-11-10-16-26(17-23)35-25-14-8-5-9-15-25/h4-17,20-22H,18-19H2,1-3H3,(H,30,33)/t22-/m0/s1. The van der Waals surface area contributed by atoms with E-state index in [2.05, 4.69) is 46.4 Å². The first kappa shape index (κ1) is 24.2.